The molecular formula is C26H31F2N3O4. The second-order valence-corrected chi connectivity index (χ2v) is 9.70. The monoisotopic (exact) mass is 487 g/mol. The molecule has 4 rings (SSSR count). The lowest BCUT2D eigenvalue weighted by molar-refractivity contribution is -0.157. The quantitative estimate of drug-likeness (QED) is 0.553. The number of aryl methyl sites for hydroxylation is 2. The lowest BCUT2D eigenvalue weighted by Crippen LogP contribution is -2.34. The van der Waals surface area contributed by atoms with Crippen LogP contribution in [0.15, 0.2) is 36.4 Å². The SMILES string of the molecule is CC(C)(C)OC(=O)C[C@H]1CCc2cccc(F)c2NC1=O.N[C@H]1CCc2cccc(F)c2NC1=O. The summed E-state index contributed by atoms with van der Waals surface area (Å²) < 4.78 is 32.3. The van der Waals surface area contributed by atoms with Crippen LogP contribution in [0.5, 0.6) is 0 Å². The Kier molecular flexibility index (Phi) is 8.22. The molecule has 2 atom stereocenters. The summed E-state index contributed by atoms with van der Waals surface area (Å²) in [6.45, 7) is 5.34. The third-order valence-electron chi connectivity index (χ3n) is 5.72. The van der Waals surface area contributed by atoms with Gasteiger partial charge in [-0.3, -0.25) is 14.4 Å². The lowest BCUT2D eigenvalue weighted by Gasteiger charge is -2.21. The molecule has 2 aliphatic heterocycles. The number of carbonyl (C=O) groups excluding carboxylic acids is 3. The van der Waals surface area contributed by atoms with Crippen molar-refractivity contribution in [3.63, 3.8) is 0 Å². The second kappa shape index (κ2) is 10.9. The second-order valence-electron chi connectivity index (χ2n) is 9.70. The molecule has 2 amide bonds. The number of esters is 1. The van der Waals surface area contributed by atoms with Gasteiger partial charge in [0.1, 0.15) is 17.2 Å². The first-order valence-corrected chi connectivity index (χ1v) is 11.6. The maximum atomic E-state index is 13.7. The predicted octanol–water partition coefficient (Wildman–Crippen LogP) is 4.10. The first kappa shape index (κ1) is 26.3. The fourth-order valence-corrected chi connectivity index (χ4v) is 3.96. The van der Waals surface area contributed by atoms with Gasteiger partial charge in [0, 0.05) is 5.92 Å². The summed E-state index contributed by atoms with van der Waals surface area (Å²) in [5.74, 6) is -2.39. The zero-order valence-corrected chi connectivity index (χ0v) is 20.1. The molecule has 0 fully saturated rings. The van der Waals surface area contributed by atoms with Gasteiger partial charge in [-0.2, -0.15) is 0 Å². The van der Waals surface area contributed by atoms with Crippen LogP contribution in [0.3, 0.4) is 0 Å². The molecule has 0 saturated carbocycles. The van der Waals surface area contributed by atoms with Crippen molar-refractivity contribution in [2.45, 2.75) is 64.5 Å². The van der Waals surface area contributed by atoms with Gasteiger partial charge < -0.3 is 21.1 Å². The van der Waals surface area contributed by atoms with E-state index in [1.807, 2.05) is 0 Å². The summed E-state index contributed by atoms with van der Waals surface area (Å²) in [4.78, 5) is 35.3. The van der Waals surface area contributed by atoms with Gasteiger partial charge in [-0.05, 0) is 69.7 Å². The number of benzene rings is 2. The van der Waals surface area contributed by atoms with Crippen LogP contribution in [-0.4, -0.2) is 29.4 Å². The Morgan fingerprint density at radius 1 is 0.943 bits per heavy atom. The highest BCUT2D eigenvalue weighted by Crippen LogP contribution is 2.29. The van der Waals surface area contributed by atoms with E-state index in [4.69, 9.17) is 10.5 Å². The van der Waals surface area contributed by atoms with Crippen molar-refractivity contribution in [1.29, 1.82) is 0 Å². The Balaban J connectivity index is 0.000000211. The van der Waals surface area contributed by atoms with Crippen molar-refractivity contribution >= 4 is 29.2 Å². The number of amides is 2. The van der Waals surface area contributed by atoms with Gasteiger partial charge in [0.25, 0.3) is 0 Å². The Labute approximate surface area is 203 Å². The number of hydrogen-bond donors (Lipinski definition) is 3. The van der Waals surface area contributed by atoms with E-state index in [1.54, 1.807) is 45.0 Å². The van der Waals surface area contributed by atoms with Crippen molar-refractivity contribution in [3.05, 3.63) is 59.2 Å². The van der Waals surface area contributed by atoms with Gasteiger partial charge in [-0.1, -0.05) is 24.3 Å². The lowest BCUT2D eigenvalue weighted by atomic mass is 9.97. The zero-order chi connectivity index (χ0) is 25.8. The number of ether oxygens (including phenoxy) is 1. The molecule has 2 aromatic rings. The Morgan fingerprint density at radius 3 is 2.00 bits per heavy atom. The highest BCUT2D eigenvalue weighted by Gasteiger charge is 2.29. The average molecular weight is 488 g/mol. The first-order chi connectivity index (χ1) is 16.4. The van der Waals surface area contributed by atoms with Crippen LogP contribution in [0.4, 0.5) is 20.2 Å². The molecule has 2 heterocycles. The van der Waals surface area contributed by atoms with Crippen molar-refractivity contribution in [2.24, 2.45) is 11.7 Å². The molecule has 7 nitrogen and oxygen atoms in total. The molecule has 0 aliphatic carbocycles. The van der Waals surface area contributed by atoms with Gasteiger partial charge in [-0.25, -0.2) is 8.78 Å². The molecule has 0 saturated heterocycles. The fourth-order valence-electron chi connectivity index (χ4n) is 3.96. The van der Waals surface area contributed by atoms with Crippen LogP contribution >= 0.6 is 0 Å². The van der Waals surface area contributed by atoms with Crippen molar-refractivity contribution in [3.8, 4) is 0 Å². The first-order valence-electron chi connectivity index (χ1n) is 11.6. The van der Waals surface area contributed by atoms with Crippen LogP contribution in [0.1, 0.15) is 51.2 Å². The molecule has 0 bridgehead atoms. The highest BCUT2D eigenvalue weighted by atomic mass is 19.1. The summed E-state index contributed by atoms with van der Waals surface area (Å²) in [7, 11) is 0. The minimum absolute atomic E-state index is 0.0126. The van der Waals surface area contributed by atoms with Crippen molar-refractivity contribution in [2.75, 3.05) is 10.6 Å². The Bertz CT molecular complexity index is 1110. The number of anilines is 2. The van der Waals surface area contributed by atoms with Crippen LogP contribution < -0.4 is 16.4 Å². The molecule has 4 N–H and O–H groups in total. The van der Waals surface area contributed by atoms with Crippen molar-refractivity contribution < 1.29 is 27.9 Å². The van der Waals surface area contributed by atoms with Gasteiger partial charge in [0.05, 0.1) is 23.8 Å². The number of halogens is 2. The molecule has 0 unspecified atom stereocenters. The molecule has 35 heavy (non-hydrogen) atoms. The smallest absolute Gasteiger partial charge is 0.307 e. The van der Waals surface area contributed by atoms with E-state index in [0.29, 0.717) is 25.7 Å². The molecular weight excluding hydrogens is 456 g/mol. The summed E-state index contributed by atoms with van der Waals surface area (Å²) in [5.41, 5.74) is 7.08. The molecule has 0 radical (unpaired) electrons. The zero-order valence-electron chi connectivity index (χ0n) is 20.1. The van der Waals surface area contributed by atoms with Crippen LogP contribution in [0.2, 0.25) is 0 Å². The molecule has 9 heteroatoms. The third-order valence-corrected chi connectivity index (χ3v) is 5.72. The fraction of sp³-hybridized carbons (Fsp3) is 0.423. The summed E-state index contributed by atoms with van der Waals surface area (Å²) in [6.07, 6.45) is 2.26. The predicted molar refractivity (Wildman–Crippen MR) is 129 cm³/mol. The van der Waals surface area contributed by atoms with E-state index in [9.17, 15) is 23.2 Å². The van der Waals surface area contributed by atoms with E-state index in [0.717, 1.165) is 11.1 Å². The number of nitrogens with one attached hydrogen (secondary N) is 2. The number of fused-ring (bicyclic) bond motifs is 2. The van der Waals surface area contributed by atoms with Crippen LogP contribution in [0.25, 0.3) is 0 Å². The summed E-state index contributed by atoms with van der Waals surface area (Å²) >= 11 is 0. The van der Waals surface area contributed by atoms with E-state index in [2.05, 4.69) is 10.6 Å². The average Bonchev–Trinajstić information content (AvgIpc) is 3.02. The molecule has 0 aromatic heterocycles. The molecule has 0 spiro atoms. The van der Waals surface area contributed by atoms with Crippen LogP contribution in [-0.2, 0) is 32.0 Å². The molecule has 188 valence electrons. The summed E-state index contributed by atoms with van der Waals surface area (Å²) in [5, 5.41) is 5.09. The standard InChI is InChI=1S/C16H20FNO3.C10H11FN2O/c1-16(2,3)21-13(19)9-11-8-7-10-5-4-6-12(17)14(10)18-15(11)20;11-7-3-1-2-6-4-5-8(12)10(14)13-9(6)7/h4-6,11H,7-9H2,1-3H3,(H,18,20);1-3,8H,4-5,12H2,(H,13,14)/t11-;8-/m10/s1. The van der Waals surface area contributed by atoms with E-state index < -0.39 is 35.2 Å². The normalized spacial score (nSPS) is 19.5. The minimum atomic E-state index is -0.576. The van der Waals surface area contributed by atoms with Gasteiger partial charge in [0.15, 0.2) is 0 Å². The molecule has 2 aromatic carbocycles. The van der Waals surface area contributed by atoms with Gasteiger partial charge >= 0.3 is 5.97 Å². The maximum absolute atomic E-state index is 13.7. The number of hydrogen-bond acceptors (Lipinski definition) is 5. The maximum Gasteiger partial charge on any atom is 0.307 e. The summed E-state index contributed by atoms with van der Waals surface area (Å²) in [6, 6.07) is 8.95. The Morgan fingerprint density at radius 2 is 1.46 bits per heavy atom. The number of carbonyl (C=O) groups is 3. The highest BCUT2D eigenvalue weighted by molar-refractivity contribution is 5.96. The van der Waals surface area contributed by atoms with Crippen LogP contribution in [0, 0.1) is 17.6 Å². The number of rotatable bonds is 2. The van der Waals surface area contributed by atoms with Gasteiger partial charge in [-0.15, -0.1) is 0 Å². The number of nitrogens with two attached hydrogens (primary N) is 1. The number of para-hydroxylation sites is 2. The minimum Gasteiger partial charge on any atom is -0.460 e. The topological polar surface area (TPSA) is 111 Å². The van der Waals surface area contributed by atoms with E-state index >= 15 is 0 Å². The Hall–Kier alpha value is -3.33. The largest absolute Gasteiger partial charge is 0.460 e. The molecule has 2 aliphatic rings. The van der Waals surface area contributed by atoms with Crippen molar-refractivity contribution in [1.82, 2.24) is 0 Å². The van der Waals surface area contributed by atoms with E-state index in [-0.39, 0.29) is 29.6 Å². The van der Waals surface area contributed by atoms with E-state index in [1.165, 1.54) is 12.1 Å². The van der Waals surface area contributed by atoms with Gasteiger partial charge in [0.2, 0.25) is 11.8 Å². The third kappa shape index (κ3) is 7.08.